The third-order valence-electron chi connectivity index (χ3n) is 5.55. The normalized spacial score (nSPS) is 32.1. The van der Waals surface area contributed by atoms with E-state index in [1.165, 1.54) is 88.3 Å². The molecule has 3 heterocycles. The van der Waals surface area contributed by atoms with E-state index in [9.17, 15) is 5.11 Å². The average molecular weight is 348 g/mol. The Morgan fingerprint density at radius 3 is 2.00 bits per heavy atom. The van der Waals surface area contributed by atoms with Crippen LogP contribution in [0, 0.1) is 5.92 Å². The molecule has 3 heteroatoms. The molecule has 3 rings (SSSR count). The molecule has 3 aliphatic heterocycles. The second kappa shape index (κ2) is 9.42. The summed E-state index contributed by atoms with van der Waals surface area (Å²) in [6.07, 6.45) is 13.9. The predicted molar refractivity (Wildman–Crippen MR) is 81.1 cm³/mol. The first-order valence-corrected chi connectivity index (χ1v) is 8.79. The number of hydrogen-bond acceptors (Lipinski definition) is 1. The van der Waals surface area contributed by atoms with Gasteiger partial charge in [0, 0.05) is 18.8 Å². The van der Waals surface area contributed by atoms with Gasteiger partial charge in [-0.3, -0.25) is 0 Å². The van der Waals surface area contributed by atoms with Crippen LogP contribution < -0.4 is 17.0 Å². The van der Waals surface area contributed by atoms with Gasteiger partial charge in [0.1, 0.15) is 12.6 Å². The van der Waals surface area contributed by atoms with Gasteiger partial charge >= 0.3 is 0 Å². The Balaban J connectivity index is 0.00000200. The lowest BCUT2D eigenvalue weighted by atomic mass is 9.83. The minimum atomic E-state index is 0. The zero-order valence-electron chi connectivity index (χ0n) is 13.3. The Hall–Kier alpha value is 0.400. The van der Waals surface area contributed by atoms with E-state index in [1.807, 2.05) is 0 Å². The molecular formula is C17H34BrNO. The summed E-state index contributed by atoms with van der Waals surface area (Å²) in [5.74, 6) is 0.638. The summed E-state index contributed by atoms with van der Waals surface area (Å²) in [5.41, 5.74) is 0. The number of piperidine rings is 3. The van der Waals surface area contributed by atoms with E-state index < -0.39 is 0 Å². The monoisotopic (exact) mass is 347 g/mol. The van der Waals surface area contributed by atoms with Gasteiger partial charge in [-0.1, -0.05) is 45.4 Å². The van der Waals surface area contributed by atoms with Crippen molar-refractivity contribution in [3.8, 4) is 0 Å². The molecule has 0 aromatic rings. The summed E-state index contributed by atoms with van der Waals surface area (Å²) in [6.45, 7) is 7.36. The zero-order valence-corrected chi connectivity index (χ0v) is 14.9. The second-order valence-electron chi connectivity index (χ2n) is 7.07. The van der Waals surface area contributed by atoms with Crippen LogP contribution in [-0.4, -0.2) is 41.9 Å². The van der Waals surface area contributed by atoms with Gasteiger partial charge in [-0.2, -0.15) is 0 Å². The summed E-state index contributed by atoms with van der Waals surface area (Å²) in [5, 5.41) is 10.1. The summed E-state index contributed by atoms with van der Waals surface area (Å²) in [6, 6.07) is 0. The zero-order chi connectivity index (χ0) is 13.6. The highest BCUT2D eigenvalue weighted by atomic mass is 79.9. The molecule has 20 heavy (non-hydrogen) atoms. The maximum absolute atomic E-state index is 10.1. The highest BCUT2D eigenvalue weighted by Gasteiger charge is 2.44. The van der Waals surface area contributed by atoms with Crippen molar-refractivity contribution < 1.29 is 26.6 Å². The number of aliphatic hydroxyl groups is 1. The van der Waals surface area contributed by atoms with Crippen LogP contribution in [0.1, 0.15) is 71.1 Å². The van der Waals surface area contributed by atoms with Crippen molar-refractivity contribution in [2.45, 2.75) is 77.2 Å². The molecule has 0 amide bonds. The maximum Gasteiger partial charge on any atom is 0.106 e. The number of fused-ring (bicyclic) bond motifs is 3. The van der Waals surface area contributed by atoms with E-state index in [-0.39, 0.29) is 23.1 Å². The minimum absolute atomic E-state index is 0. The van der Waals surface area contributed by atoms with Crippen molar-refractivity contribution in [3.05, 3.63) is 0 Å². The van der Waals surface area contributed by atoms with E-state index >= 15 is 0 Å². The lowest BCUT2D eigenvalue weighted by Crippen LogP contribution is -3.00. The van der Waals surface area contributed by atoms with E-state index in [1.54, 1.807) is 0 Å². The standard InChI is InChI=1S/C17H34NO.BrH/c1-2-3-4-5-6-7-8-9-12-18-13-10-16(11-14-18)17(19)15-18;/h16-17,19H,2-15H2,1H3;1H/q+1;/p-1. The van der Waals surface area contributed by atoms with Crippen LogP contribution in [-0.2, 0) is 0 Å². The van der Waals surface area contributed by atoms with Gasteiger partial charge in [-0.05, 0) is 12.8 Å². The number of unbranched alkanes of at least 4 members (excludes halogenated alkanes) is 7. The van der Waals surface area contributed by atoms with Crippen molar-refractivity contribution >= 4 is 0 Å². The van der Waals surface area contributed by atoms with E-state index in [0.29, 0.717) is 5.92 Å². The lowest BCUT2D eigenvalue weighted by molar-refractivity contribution is -0.946. The third-order valence-corrected chi connectivity index (χ3v) is 5.55. The number of nitrogens with zero attached hydrogens (tertiary/aromatic N) is 1. The van der Waals surface area contributed by atoms with Crippen LogP contribution in [0.2, 0.25) is 0 Å². The van der Waals surface area contributed by atoms with Crippen molar-refractivity contribution in [2.24, 2.45) is 5.92 Å². The minimum Gasteiger partial charge on any atom is -1.00 e. The molecule has 2 nitrogen and oxygen atoms in total. The topological polar surface area (TPSA) is 20.2 Å². The molecule has 0 aromatic carbocycles. The van der Waals surface area contributed by atoms with Gasteiger partial charge in [-0.15, -0.1) is 0 Å². The first kappa shape index (κ1) is 18.4. The SMILES string of the molecule is CCCCCCCCCC[N+]12CCC(CC1)C(O)C2.[Br-]. The summed E-state index contributed by atoms with van der Waals surface area (Å²) in [7, 11) is 0. The molecule has 1 N–H and O–H groups in total. The number of rotatable bonds is 9. The van der Waals surface area contributed by atoms with Gasteiger partial charge in [0.05, 0.1) is 19.6 Å². The largest absolute Gasteiger partial charge is 1.00 e. The lowest BCUT2D eigenvalue weighted by Gasteiger charge is -2.51. The molecule has 3 fully saturated rings. The molecule has 0 saturated carbocycles. The Morgan fingerprint density at radius 2 is 1.45 bits per heavy atom. The molecular weight excluding hydrogens is 314 g/mol. The highest BCUT2D eigenvalue weighted by molar-refractivity contribution is 4.79. The van der Waals surface area contributed by atoms with Crippen LogP contribution >= 0.6 is 0 Å². The summed E-state index contributed by atoms with van der Waals surface area (Å²) < 4.78 is 1.24. The van der Waals surface area contributed by atoms with E-state index in [2.05, 4.69) is 6.92 Å². The van der Waals surface area contributed by atoms with Crippen LogP contribution in [0.15, 0.2) is 0 Å². The van der Waals surface area contributed by atoms with Gasteiger partial charge in [0.15, 0.2) is 0 Å². The molecule has 1 unspecified atom stereocenters. The molecule has 0 spiro atoms. The van der Waals surface area contributed by atoms with Gasteiger partial charge in [-0.25, -0.2) is 0 Å². The first-order valence-electron chi connectivity index (χ1n) is 8.79. The molecule has 2 bridgehead atoms. The van der Waals surface area contributed by atoms with Crippen LogP contribution in [0.4, 0.5) is 0 Å². The van der Waals surface area contributed by atoms with Crippen LogP contribution in [0.5, 0.6) is 0 Å². The third kappa shape index (κ3) is 5.31. The van der Waals surface area contributed by atoms with Crippen molar-refractivity contribution in [3.63, 3.8) is 0 Å². The second-order valence-corrected chi connectivity index (χ2v) is 7.07. The Labute approximate surface area is 136 Å². The fraction of sp³-hybridized carbons (Fsp3) is 1.00. The number of halogens is 1. The molecule has 0 aliphatic carbocycles. The fourth-order valence-electron chi connectivity index (χ4n) is 4.14. The summed E-state index contributed by atoms with van der Waals surface area (Å²) >= 11 is 0. The van der Waals surface area contributed by atoms with E-state index in [0.717, 1.165) is 6.54 Å². The van der Waals surface area contributed by atoms with E-state index in [4.69, 9.17) is 0 Å². The highest BCUT2D eigenvalue weighted by Crippen LogP contribution is 2.34. The molecule has 0 aromatic heterocycles. The van der Waals surface area contributed by atoms with Crippen LogP contribution in [0.3, 0.4) is 0 Å². The molecule has 120 valence electrons. The molecule has 1 atom stereocenters. The molecule has 0 radical (unpaired) electrons. The predicted octanol–water partition coefficient (Wildman–Crippen LogP) is 0.732. The Bertz CT molecular complexity index is 251. The smallest absolute Gasteiger partial charge is 0.106 e. The number of aliphatic hydroxyl groups excluding tert-OH is 1. The quantitative estimate of drug-likeness (QED) is 0.481. The van der Waals surface area contributed by atoms with Crippen molar-refractivity contribution in [1.82, 2.24) is 0 Å². The Kier molecular flexibility index (Phi) is 8.69. The van der Waals surface area contributed by atoms with Gasteiger partial charge in [0.2, 0.25) is 0 Å². The van der Waals surface area contributed by atoms with Crippen molar-refractivity contribution in [1.29, 1.82) is 0 Å². The van der Waals surface area contributed by atoms with Crippen LogP contribution in [0.25, 0.3) is 0 Å². The Morgan fingerprint density at radius 1 is 0.900 bits per heavy atom. The van der Waals surface area contributed by atoms with Gasteiger partial charge < -0.3 is 26.6 Å². The van der Waals surface area contributed by atoms with Crippen molar-refractivity contribution in [2.75, 3.05) is 26.2 Å². The maximum atomic E-state index is 10.1. The fourth-order valence-corrected chi connectivity index (χ4v) is 4.14. The average Bonchev–Trinajstić information content (AvgIpc) is 2.43. The van der Waals surface area contributed by atoms with Gasteiger partial charge in [0.25, 0.3) is 0 Å². The summed E-state index contributed by atoms with van der Waals surface area (Å²) in [4.78, 5) is 0. The first-order chi connectivity index (χ1) is 9.26. The number of quaternary nitrogens is 1. The number of hydrogen-bond donors (Lipinski definition) is 1. The molecule has 3 aliphatic rings. The molecule has 3 saturated heterocycles.